The van der Waals surface area contributed by atoms with E-state index >= 15 is 0 Å². The average Bonchev–Trinajstić information content (AvgIpc) is 2.65. The fourth-order valence-corrected chi connectivity index (χ4v) is 3.74. The second-order valence-corrected chi connectivity index (χ2v) is 7.68. The minimum Gasteiger partial charge on any atom is -0.354 e. The van der Waals surface area contributed by atoms with Crippen molar-refractivity contribution in [3.63, 3.8) is 0 Å². The Balaban J connectivity index is 1.37. The third kappa shape index (κ3) is 6.07. The number of hydrogen-bond acceptors (Lipinski definition) is 7. The molecular formula is C19H35N7. The van der Waals surface area contributed by atoms with E-state index in [4.69, 9.17) is 0 Å². The maximum absolute atomic E-state index is 4.68. The summed E-state index contributed by atoms with van der Waals surface area (Å²) in [7, 11) is 2.17. The molecule has 0 radical (unpaired) electrons. The summed E-state index contributed by atoms with van der Waals surface area (Å²) in [5.41, 5.74) is 7.43. The number of piperazine rings is 1. The molecule has 1 saturated carbocycles. The zero-order chi connectivity index (χ0) is 18.2. The van der Waals surface area contributed by atoms with Gasteiger partial charge in [0.2, 0.25) is 5.95 Å². The maximum atomic E-state index is 4.68. The molecule has 3 N–H and O–H groups in total. The first kappa shape index (κ1) is 19.3. The molecule has 1 saturated heterocycles. The van der Waals surface area contributed by atoms with Crippen molar-refractivity contribution >= 4 is 11.8 Å². The molecule has 2 aliphatic rings. The largest absolute Gasteiger partial charge is 0.354 e. The molecule has 0 amide bonds. The van der Waals surface area contributed by atoms with Crippen LogP contribution in [0.4, 0.5) is 11.8 Å². The van der Waals surface area contributed by atoms with Crippen LogP contribution in [-0.4, -0.2) is 67.2 Å². The van der Waals surface area contributed by atoms with Gasteiger partial charge in [0.25, 0.3) is 0 Å². The monoisotopic (exact) mass is 361 g/mol. The van der Waals surface area contributed by atoms with E-state index in [9.17, 15) is 0 Å². The molecule has 2 fully saturated rings. The Morgan fingerprint density at radius 1 is 1.04 bits per heavy atom. The molecule has 146 valence electrons. The molecule has 0 unspecified atom stereocenters. The molecule has 0 atom stereocenters. The van der Waals surface area contributed by atoms with E-state index < -0.39 is 0 Å². The molecule has 0 aromatic carbocycles. The van der Waals surface area contributed by atoms with E-state index in [1.807, 2.05) is 6.92 Å². The van der Waals surface area contributed by atoms with E-state index in [-0.39, 0.29) is 0 Å². The number of hydrogen-bond donors (Lipinski definition) is 3. The molecule has 0 spiro atoms. The van der Waals surface area contributed by atoms with Crippen LogP contribution >= 0.6 is 0 Å². The zero-order valence-corrected chi connectivity index (χ0v) is 16.4. The van der Waals surface area contributed by atoms with Gasteiger partial charge in [0.1, 0.15) is 5.82 Å². The summed E-state index contributed by atoms with van der Waals surface area (Å²) >= 11 is 0. The second-order valence-electron chi connectivity index (χ2n) is 7.68. The molecule has 7 nitrogen and oxygen atoms in total. The van der Waals surface area contributed by atoms with E-state index in [1.54, 1.807) is 0 Å². The smallest absolute Gasteiger partial charge is 0.239 e. The van der Waals surface area contributed by atoms with Crippen molar-refractivity contribution in [1.29, 1.82) is 0 Å². The summed E-state index contributed by atoms with van der Waals surface area (Å²) in [5, 5.41) is 3.68. The van der Waals surface area contributed by atoms with Crippen LogP contribution in [0, 0.1) is 6.92 Å². The summed E-state index contributed by atoms with van der Waals surface area (Å²) in [6.07, 6.45) is 7.97. The number of likely N-dealkylation sites (N-methyl/N-ethyl adjacent to an activating group) is 1. The summed E-state index contributed by atoms with van der Waals surface area (Å²) in [5.74, 6) is 1.69. The lowest BCUT2D eigenvalue weighted by atomic mass is 9.95. The molecule has 1 aliphatic carbocycles. The van der Waals surface area contributed by atoms with Gasteiger partial charge in [0, 0.05) is 50.5 Å². The fourth-order valence-electron chi connectivity index (χ4n) is 3.74. The SMILES string of the molecule is Cc1cc(N2CCN(C)CC2)nc(NNCCCNC2CCCCC2)n1. The molecule has 1 aromatic heterocycles. The Morgan fingerprint density at radius 2 is 1.81 bits per heavy atom. The van der Waals surface area contributed by atoms with Crippen LogP contribution in [0.3, 0.4) is 0 Å². The zero-order valence-electron chi connectivity index (χ0n) is 16.4. The van der Waals surface area contributed by atoms with Gasteiger partial charge in [-0.2, -0.15) is 4.98 Å². The van der Waals surface area contributed by atoms with Crippen molar-refractivity contribution in [3.8, 4) is 0 Å². The van der Waals surface area contributed by atoms with Crippen LogP contribution in [-0.2, 0) is 0 Å². The minimum atomic E-state index is 0.666. The highest BCUT2D eigenvalue weighted by molar-refractivity contribution is 5.44. The highest BCUT2D eigenvalue weighted by Gasteiger charge is 2.16. The Morgan fingerprint density at radius 3 is 2.58 bits per heavy atom. The number of nitrogens with one attached hydrogen (secondary N) is 3. The quantitative estimate of drug-likeness (QED) is 0.481. The third-order valence-corrected chi connectivity index (χ3v) is 5.38. The molecule has 26 heavy (non-hydrogen) atoms. The van der Waals surface area contributed by atoms with Crippen molar-refractivity contribution in [3.05, 3.63) is 11.8 Å². The summed E-state index contributed by atoms with van der Waals surface area (Å²) in [6.45, 7) is 8.21. The highest BCUT2D eigenvalue weighted by atomic mass is 15.4. The summed E-state index contributed by atoms with van der Waals surface area (Å²) in [6, 6.07) is 2.81. The number of aromatic nitrogens is 2. The van der Waals surface area contributed by atoms with Gasteiger partial charge in [-0.3, -0.25) is 5.43 Å². The van der Waals surface area contributed by atoms with Crippen molar-refractivity contribution in [1.82, 2.24) is 25.6 Å². The van der Waals surface area contributed by atoms with E-state index in [0.717, 1.165) is 63.2 Å². The summed E-state index contributed by atoms with van der Waals surface area (Å²) in [4.78, 5) is 13.9. The number of hydrazine groups is 1. The van der Waals surface area contributed by atoms with Gasteiger partial charge in [0.05, 0.1) is 0 Å². The lowest BCUT2D eigenvalue weighted by molar-refractivity contribution is 0.312. The lowest BCUT2D eigenvalue weighted by Gasteiger charge is -2.33. The Kier molecular flexibility index (Phi) is 7.46. The van der Waals surface area contributed by atoms with Crippen LogP contribution in [0.2, 0.25) is 0 Å². The van der Waals surface area contributed by atoms with Crippen LogP contribution < -0.4 is 21.1 Å². The van der Waals surface area contributed by atoms with E-state index in [2.05, 4.69) is 49.1 Å². The fraction of sp³-hybridized carbons (Fsp3) is 0.789. The van der Waals surface area contributed by atoms with Gasteiger partial charge in [0.15, 0.2) is 0 Å². The normalized spacial score (nSPS) is 19.7. The number of nitrogens with zero attached hydrogens (tertiary/aromatic N) is 4. The van der Waals surface area contributed by atoms with Gasteiger partial charge in [-0.25, -0.2) is 10.4 Å². The maximum Gasteiger partial charge on any atom is 0.239 e. The van der Waals surface area contributed by atoms with Crippen molar-refractivity contribution in [2.75, 3.05) is 56.6 Å². The second kappa shape index (κ2) is 10.0. The van der Waals surface area contributed by atoms with Gasteiger partial charge in [-0.15, -0.1) is 0 Å². The standard InChI is InChI=1S/C19H35N7/c1-16-15-18(26-13-11-25(2)12-14-26)23-19(22-16)24-21-10-6-9-20-17-7-4-3-5-8-17/h15,17,20-21H,3-14H2,1-2H3,(H,22,23,24). The topological polar surface area (TPSA) is 68.3 Å². The first-order valence-electron chi connectivity index (χ1n) is 10.2. The lowest BCUT2D eigenvalue weighted by Crippen LogP contribution is -2.45. The predicted molar refractivity (Wildman–Crippen MR) is 108 cm³/mol. The molecule has 0 bridgehead atoms. The highest BCUT2D eigenvalue weighted by Crippen LogP contribution is 2.17. The van der Waals surface area contributed by atoms with Crippen molar-refractivity contribution in [2.24, 2.45) is 0 Å². The van der Waals surface area contributed by atoms with Crippen LogP contribution in [0.15, 0.2) is 6.07 Å². The van der Waals surface area contributed by atoms with Crippen molar-refractivity contribution < 1.29 is 0 Å². The predicted octanol–water partition coefficient (Wildman–Crippen LogP) is 1.77. The molecule has 7 heteroatoms. The molecule has 1 aromatic rings. The van der Waals surface area contributed by atoms with Gasteiger partial charge in [-0.1, -0.05) is 19.3 Å². The first-order valence-corrected chi connectivity index (χ1v) is 10.2. The Labute approximate surface area is 157 Å². The van der Waals surface area contributed by atoms with Gasteiger partial charge >= 0.3 is 0 Å². The van der Waals surface area contributed by atoms with Gasteiger partial charge in [-0.05, 0) is 39.8 Å². The molecule has 2 heterocycles. The first-order chi connectivity index (χ1) is 12.7. The Hall–Kier alpha value is -1.44. The number of rotatable bonds is 8. The van der Waals surface area contributed by atoms with E-state index in [0.29, 0.717) is 5.95 Å². The van der Waals surface area contributed by atoms with Gasteiger partial charge < -0.3 is 15.1 Å². The van der Waals surface area contributed by atoms with Crippen LogP contribution in [0.25, 0.3) is 0 Å². The average molecular weight is 362 g/mol. The van der Waals surface area contributed by atoms with E-state index in [1.165, 1.54) is 32.1 Å². The molecule has 1 aliphatic heterocycles. The number of anilines is 2. The number of aryl methyl sites for hydroxylation is 1. The van der Waals surface area contributed by atoms with Crippen LogP contribution in [0.5, 0.6) is 0 Å². The minimum absolute atomic E-state index is 0.666. The summed E-state index contributed by atoms with van der Waals surface area (Å²) < 4.78 is 0. The Bertz CT molecular complexity index is 537. The van der Waals surface area contributed by atoms with Crippen molar-refractivity contribution in [2.45, 2.75) is 51.5 Å². The van der Waals surface area contributed by atoms with Crippen LogP contribution in [0.1, 0.15) is 44.2 Å². The molecule has 3 rings (SSSR count). The third-order valence-electron chi connectivity index (χ3n) is 5.38. The molecular weight excluding hydrogens is 326 g/mol.